The van der Waals surface area contributed by atoms with Crippen LogP contribution in [0.5, 0.6) is 0 Å². The molecule has 0 N–H and O–H groups in total. The summed E-state index contributed by atoms with van der Waals surface area (Å²) >= 11 is 5.88. The van der Waals surface area contributed by atoms with Crippen LogP contribution in [0.1, 0.15) is 30.5 Å². The predicted octanol–water partition coefficient (Wildman–Crippen LogP) is 5.69. The van der Waals surface area contributed by atoms with Gasteiger partial charge in [-0.2, -0.15) is 0 Å². The normalized spacial score (nSPS) is 13.0. The van der Waals surface area contributed by atoms with Crippen molar-refractivity contribution in [3.63, 3.8) is 0 Å². The Morgan fingerprint density at radius 3 is 2.11 bits per heavy atom. The second-order valence-corrected chi connectivity index (χ2v) is 12.6. The second kappa shape index (κ2) is 10.6. The predicted molar refractivity (Wildman–Crippen MR) is 130 cm³/mol. The summed E-state index contributed by atoms with van der Waals surface area (Å²) in [5, 5.41) is 0.284. The van der Waals surface area contributed by atoms with E-state index in [-0.39, 0.29) is 28.5 Å². The molecule has 0 saturated heterocycles. The SMILES string of the molecule is CC(c1ccc(F)cc1CCCS(C)(=O)=O)N(c1cc(F)ccc1F)S(=O)(=O)c1ccc(Cl)cc1. The van der Waals surface area contributed by atoms with Crippen LogP contribution in [0.25, 0.3) is 0 Å². The van der Waals surface area contributed by atoms with Crippen molar-refractivity contribution in [1.29, 1.82) is 0 Å². The number of hydrogen-bond acceptors (Lipinski definition) is 4. The molecule has 0 amide bonds. The van der Waals surface area contributed by atoms with Gasteiger partial charge >= 0.3 is 0 Å². The molecule has 3 aromatic carbocycles. The number of hydrogen-bond donors (Lipinski definition) is 0. The first-order chi connectivity index (χ1) is 16.3. The van der Waals surface area contributed by atoms with Crippen molar-refractivity contribution >= 4 is 37.1 Å². The summed E-state index contributed by atoms with van der Waals surface area (Å²) in [5.74, 6) is -2.57. The van der Waals surface area contributed by atoms with Gasteiger partial charge in [0.15, 0.2) is 0 Å². The van der Waals surface area contributed by atoms with Crippen LogP contribution in [0, 0.1) is 17.5 Å². The summed E-state index contributed by atoms with van der Waals surface area (Å²) < 4.78 is 94.3. The van der Waals surface area contributed by atoms with Crippen LogP contribution in [0.2, 0.25) is 5.02 Å². The van der Waals surface area contributed by atoms with E-state index >= 15 is 0 Å². The summed E-state index contributed by atoms with van der Waals surface area (Å²) in [7, 11) is -7.72. The van der Waals surface area contributed by atoms with E-state index in [0.29, 0.717) is 11.1 Å². The maximum atomic E-state index is 14.9. The van der Waals surface area contributed by atoms with E-state index in [0.717, 1.165) is 34.8 Å². The number of rotatable bonds is 9. The van der Waals surface area contributed by atoms with Crippen molar-refractivity contribution in [3.05, 3.63) is 94.3 Å². The van der Waals surface area contributed by atoms with Crippen molar-refractivity contribution in [2.75, 3.05) is 16.3 Å². The number of aryl methyl sites for hydroxylation is 1. The minimum atomic E-state index is -4.45. The fourth-order valence-electron chi connectivity index (χ4n) is 3.77. The number of halogens is 4. The molecule has 0 bridgehead atoms. The van der Waals surface area contributed by atoms with Gasteiger partial charge in [0.2, 0.25) is 0 Å². The average molecular weight is 546 g/mol. The van der Waals surface area contributed by atoms with Crippen molar-refractivity contribution < 1.29 is 30.0 Å². The average Bonchev–Trinajstić information content (AvgIpc) is 2.75. The summed E-state index contributed by atoms with van der Waals surface area (Å²) in [6.45, 7) is 1.46. The van der Waals surface area contributed by atoms with E-state index in [1.807, 2.05) is 0 Å². The first-order valence-electron chi connectivity index (χ1n) is 10.5. The lowest BCUT2D eigenvalue weighted by atomic mass is 9.97. The molecule has 5 nitrogen and oxygen atoms in total. The molecule has 1 unspecified atom stereocenters. The standard InChI is InChI=1S/C24H23ClF3NO4S2/c1-16(22-11-7-19(26)14-17(22)4-3-13-34(2,30)31)29(24-15-20(27)8-12-23(24)28)35(32,33)21-9-5-18(25)6-10-21/h5-12,14-16H,3-4,13H2,1-2H3. The number of nitrogens with zero attached hydrogens (tertiary/aromatic N) is 1. The third-order valence-corrected chi connectivity index (χ3v) is 8.57. The molecule has 0 radical (unpaired) electrons. The molecular weight excluding hydrogens is 523 g/mol. The lowest BCUT2D eigenvalue weighted by Gasteiger charge is -2.32. The van der Waals surface area contributed by atoms with Gasteiger partial charge in [0.1, 0.15) is 27.3 Å². The molecule has 0 heterocycles. The molecule has 0 spiro atoms. The lowest BCUT2D eigenvalue weighted by Crippen LogP contribution is -2.35. The minimum Gasteiger partial charge on any atom is -0.256 e. The van der Waals surface area contributed by atoms with Gasteiger partial charge in [0, 0.05) is 17.3 Å². The van der Waals surface area contributed by atoms with Crippen LogP contribution in [0.3, 0.4) is 0 Å². The Morgan fingerprint density at radius 1 is 0.886 bits per heavy atom. The zero-order valence-electron chi connectivity index (χ0n) is 18.9. The van der Waals surface area contributed by atoms with Crippen molar-refractivity contribution in [2.24, 2.45) is 0 Å². The Hall–Kier alpha value is -2.56. The van der Waals surface area contributed by atoms with E-state index in [4.69, 9.17) is 11.6 Å². The Balaban J connectivity index is 2.16. The first kappa shape index (κ1) is 27.0. The smallest absolute Gasteiger partial charge is 0.256 e. The van der Waals surface area contributed by atoms with Gasteiger partial charge in [-0.3, -0.25) is 4.31 Å². The summed E-state index contributed by atoms with van der Waals surface area (Å²) in [4.78, 5) is -0.210. The van der Waals surface area contributed by atoms with E-state index in [2.05, 4.69) is 0 Å². The van der Waals surface area contributed by atoms with E-state index < -0.39 is 49.0 Å². The van der Waals surface area contributed by atoms with Crippen molar-refractivity contribution in [1.82, 2.24) is 0 Å². The molecule has 1 atom stereocenters. The molecule has 35 heavy (non-hydrogen) atoms. The van der Waals surface area contributed by atoms with Gasteiger partial charge in [-0.05, 0) is 79.4 Å². The zero-order chi connectivity index (χ0) is 26.0. The molecule has 0 aromatic heterocycles. The van der Waals surface area contributed by atoms with Crippen LogP contribution < -0.4 is 4.31 Å². The van der Waals surface area contributed by atoms with Gasteiger partial charge in [-0.15, -0.1) is 0 Å². The summed E-state index contributed by atoms with van der Waals surface area (Å²) in [6.07, 6.45) is 1.38. The van der Waals surface area contributed by atoms with Crippen LogP contribution >= 0.6 is 11.6 Å². The summed E-state index contributed by atoms with van der Waals surface area (Å²) in [5.41, 5.74) is 0.147. The van der Waals surface area contributed by atoms with Gasteiger partial charge in [0.05, 0.1) is 22.4 Å². The highest BCUT2D eigenvalue weighted by Gasteiger charge is 2.33. The molecule has 0 fully saturated rings. The first-order valence-corrected chi connectivity index (χ1v) is 14.4. The highest BCUT2D eigenvalue weighted by Crippen LogP contribution is 2.37. The number of sulfonamides is 1. The Labute approximate surface area is 208 Å². The Morgan fingerprint density at radius 2 is 1.49 bits per heavy atom. The Bertz CT molecular complexity index is 1430. The molecule has 3 aromatic rings. The highest BCUT2D eigenvalue weighted by molar-refractivity contribution is 7.92. The van der Waals surface area contributed by atoms with Crippen LogP contribution in [-0.2, 0) is 26.3 Å². The molecule has 188 valence electrons. The molecular formula is C24H23ClF3NO4S2. The number of sulfone groups is 1. The maximum absolute atomic E-state index is 14.9. The monoisotopic (exact) mass is 545 g/mol. The third-order valence-electron chi connectivity index (χ3n) is 5.38. The summed E-state index contributed by atoms with van der Waals surface area (Å²) in [6, 6.07) is 10.2. The Kier molecular flexibility index (Phi) is 8.18. The molecule has 0 aliphatic carbocycles. The third kappa shape index (κ3) is 6.56. The molecule has 11 heteroatoms. The van der Waals surface area contributed by atoms with Crippen molar-refractivity contribution in [2.45, 2.75) is 30.7 Å². The van der Waals surface area contributed by atoms with Crippen LogP contribution in [-0.4, -0.2) is 28.8 Å². The fraction of sp³-hybridized carbons (Fsp3) is 0.250. The minimum absolute atomic E-state index is 0.130. The van der Waals surface area contributed by atoms with Crippen LogP contribution in [0.4, 0.5) is 18.9 Å². The van der Waals surface area contributed by atoms with E-state index in [1.54, 1.807) is 0 Å². The van der Waals surface area contributed by atoms with Gasteiger partial charge in [-0.25, -0.2) is 30.0 Å². The van der Waals surface area contributed by atoms with E-state index in [9.17, 15) is 30.0 Å². The zero-order valence-corrected chi connectivity index (χ0v) is 21.3. The lowest BCUT2D eigenvalue weighted by molar-refractivity contribution is 0.569. The molecule has 0 aliphatic rings. The van der Waals surface area contributed by atoms with Crippen molar-refractivity contribution in [3.8, 4) is 0 Å². The quantitative estimate of drug-likeness (QED) is 0.346. The van der Waals surface area contributed by atoms with Crippen LogP contribution in [0.15, 0.2) is 65.6 Å². The number of anilines is 1. The molecule has 0 aliphatic heterocycles. The molecule has 3 rings (SSSR count). The fourth-order valence-corrected chi connectivity index (χ4v) is 6.20. The maximum Gasteiger partial charge on any atom is 0.264 e. The van der Waals surface area contributed by atoms with E-state index in [1.165, 1.54) is 43.3 Å². The van der Waals surface area contributed by atoms with Gasteiger partial charge < -0.3 is 0 Å². The largest absolute Gasteiger partial charge is 0.264 e. The van der Waals surface area contributed by atoms with Gasteiger partial charge in [-0.1, -0.05) is 17.7 Å². The highest BCUT2D eigenvalue weighted by atomic mass is 35.5. The molecule has 0 saturated carbocycles. The second-order valence-electron chi connectivity index (χ2n) is 8.10. The number of benzene rings is 3. The van der Waals surface area contributed by atoms with Gasteiger partial charge in [0.25, 0.3) is 10.0 Å². The topological polar surface area (TPSA) is 71.5 Å².